The summed E-state index contributed by atoms with van der Waals surface area (Å²) in [6.07, 6.45) is 5.05. The fourth-order valence-corrected chi connectivity index (χ4v) is 2.21. The van der Waals surface area contributed by atoms with E-state index >= 15 is 0 Å². The highest BCUT2D eigenvalue weighted by Crippen LogP contribution is 2.12. The van der Waals surface area contributed by atoms with E-state index < -0.39 is 0 Å². The predicted molar refractivity (Wildman–Crippen MR) is 86.6 cm³/mol. The molecule has 24 heavy (non-hydrogen) atoms. The SMILES string of the molecule is O=C(NCc1ccnnc1)c1ccc(Cc2ccccc2F)nc1. The van der Waals surface area contributed by atoms with Crippen LogP contribution in [0, 0.1) is 5.82 Å². The Morgan fingerprint density at radius 3 is 2.62 bits per heavy atom. The Balaban J connectivity index is 1.61. The smallest absolute Gasteiger partial charge is 0.253 e. The molecule has 0 radical (unpaired) electrons. The van der Waals surface area contributed by atoms with E-state index in [9.17, 15) is 9.18 Å². The van der Waals surface area contributed by atoms with Gasteiger partial charge < -0.3 is 5.32 Å². The molecule has 5 nitrogen and oxygen atoms in total. The second-order valence-corrected chi connectivity index (χ2v) is 5.24. The molecular weight excluding hydrogens is 307 g/mol. The Bertz CT molecular complexity index is 822. The molecule has 2 aromatic heterocycles. The summed E-state index contributed by atoms with van der Waals surface area (Å²) in [6.45, 7) is 0.366. The summed E-state index contributed by atoms with van der Waals surface area (Å²) < 4.78 is 13.6. The largest absolute Gasteiger partial charge is 0.348 e. The van der Waals surface area contributed by atoms with Crippen LogP contribution in [0.25, 0.3) is 0 Å². The maximum absolute atomic E-state index is 13.6. The van der Waals surface area contributed by atoms with Gasteiger partial charge in [0, 0.05) is 31.1 Å². The lowest BCUT2D eigenvalue weighted by atomic mass is 10.1. The van der Waals surface area contributed by atoms with E-state index in [1.165, 1.54) is 12.3 Å². The summed E-state index contributed by atoms with van der Waals surface area (Å²) in [4.78, 5) is 16.3. The van der Waals surface area contributed by atoms with E-state index in [0.29, 0.717) is 29.8 Å². The number of carbonyl (C=O) groups excluding carboxylic acids is 1. The van der Waals surface area contributed by atoms with Gasteiger partial charge in [-0.3, -0.25) is 9.78 Å². The summed E-state index contributed by atoms with van der Waals surface area (Å²) in [5.41, 5.74) is 2.60. The highest BCUT2D eigenvalue weighted by Gasteiger charge is 2.08. The number of nitrogens with one attached hydrogen (secondary N) is 1. The molecule has 0 unspecified atom stereocenters. The van der Waals surface area contributed by atoms with Gasteiger partial charge in [-0.05, 0) is 35.4 Å². The Labute approximate surface area is 138 Å². The Morgan fingerprint density at radius 2 is 1.92 bits per heavy atom. The van der Waals surface area contributed by atoms with E-state index in [1.54, 1.807) is 48.8 Å². The predicted octanol–water partition coefficient (Wildman–Crippen LogP) is 2.53. The van der Waals surface area contributed by atoms with Crippen LogP contribution in [0.15, 0.2) is 61.1 Å². The fraction of sp³-hybridized carbons (Fsp3) is 0.111. The van der Waals surface area contributed by atoms with Crippen molar-refractivity contribution in [3.63, 3.8) is 0 Å². The van der Waals surface area contributed by atoms with Crippen molar-refractivity contribution in [2.24, 2.45) is 0 Å². The van der Waals surface area contributed by atoms with Crippen molar-refractivity contribution in [1.82, 2.24) is 20.5 Å². The van der Waals surface area contributed by atoms with Crippen molar-refractivity contribution in [3.8, 4) is 0 Å². The number of hydrogen-bond acceptors (Lipinski definition) is 4. The van der Waals surface area contributed by atoms with Gasteiger partial charge in [0.05, 0.1) is 11.8 Å². The first-order chi connectivity index (χ1) is 11.7. The van der Waals surface area contributed by atoms with Gasteiger partial charge in [-0.2, -0.15) is 10.2 Å². The molecule has 0 saturated carbocycles. The molecule has 120 valence electrons. The number of pyridine rings is 1. The van der Waals surface area contributed by atoms with Gasteiger partial charge >= 0.3 is 0 Å². The average Bonchev–Trinajstić information content (AvgIpc) is 2.63. The number of carbonyl (C=O) groups is 1. The number of halogens is 1. The number of hydrogen-bond donors (Lipinski definition) is 1. The van der Waals surface area contributed by atoms with Crippen LogP contribution in [-0.4, -0.2) is 21.1 Å². The molecule has 1 N–H and O–H groups in total. The zero-order chi connectivity index (χ0) is 16.8. The molecule has 1 amide bonds. The highest BCUT2D eigenvalue weighted by atomic mass is 19.1. The van der Waals surface area contributed by atoms with Crippen LogP contribution in [-0.2, 0) is 13.0 Å². The third-order valence-corrected chi connectivity index (χ3v) is 3.51. The number of rotatable bonds is 5. The van der Waals surface area contributed by atoms with Crippen LogP contribution >= 0.6 is 0 Å². The van der Waals surface area contributed by atoms with E-state index in [-0.39, 0.29) is 11.7 Å². The quantitative estimate of drug-likeness (QED) is 0.784. The minimum absolute atomic E-state index is 0.225. The minimum atomic E-state index is -0.257. The van der Waals surface area contributed by atoms with Crippen molar-refractivity contribution >= 4 is 5.91 Å². The molecule has 1 aromatic carbocycles. The summed E-state index contributed by atoms with van der Waals surface area (Å²) in [7, 11) is 0. The number of amides is 1. The Hall–Kier alpha value is -3.15. The van der Waals surface area contributed by atoms with Crippen LogP contribution in [0.1, 0.15) is 27.2 Å². The molecule has 0 aliphatic carbocycles. The highest BCUT2D eigenvalue weighted by molar-refractivity contribution is 5.93. The average molecular weight is 322 g/mol. The molecule has 2 heterocycles. The molecule has 3 aromatic rings. The minimum Gasteiger partial charge on any atom is -0.348 e. The van der Waals surface area contributed by atoms with Gasteiger partial charge in [0.15, 0.2) is 0 Å². The Morgan fingerprint density at radius 1 is 1.04 bits per heavy atom. The van der Waals surface area contributed by atoms with Gasteiger partial charge in [-0.1, -0.05) is 18.2 Å². The number of aromatic nitrogens is 3. The zero-order valence-electron chi connectivity index (χ0n) is 12.8. The lowest BCUT2D eigenvalue weighted by Gasteiger charge is -2.06. The third kappa shape index (κ3) is 3.98. The molecule has 0 aliphatic heterocycles. The van der Waals surface area contributed by atoms with Crippen molar-refractivity contribution in [1.29, 1.82) is 0 Å². The number of benzene rings is 1. The topological polar surface area (TPSA) is 67.8 Å². The summed E-state index contributed by atoms with van der Waals surface area (Å²) in [6, 6.07) is 11.8. The van der Waals surface area contributed by atoms with Crippen molar-refractivity contribution in [3.05, 3.63) is 89.3 Å². The van der Waals surface area contributed by atoms with Gasteiger partial charge in [-0.25, -0.2) is 4.39 Å². The summed E-state index contributed by atoms with van der Waals surface area (Å²) >= 11 is 0. The van der Waals surface area contributed by atoms with Gasteiger partial charge in [0.1, 0.15) is 5.82 Å². The monoisotopic (exact) mass is 322 g/mol. The van der Waals surface area contributed by atoms with Crippen molar-refractivity contribution < 1.29 is 9.18 Å². The molecule has 6 heteroatoms. The summed E-state index contributed by atoms with van der Waals surface area (Å²) in [5, 5.41) is 10.2. The zero-order valence-corrected chi connectivity index (χ0v) is 12.8. The van der Waals surface area contributed by atoms with Gasteiger partial charge in [0.25, 0.3) is 5.91 Å². The first kappa shape index (κ1) is 15.7. The lowest BCUT2D eigenvalue weighted by molar-refractivity contribution is 0.0950. The van der Waals surface area contributed by atoms with Crippen molar-refractivity contribution in [2.45, 2.75) is 13.0 Å². The fourth-order valence-electron chi connectivity index (χ4n) is 2.21. The van der Waals surface area contributed by atoms with E-state index in [2.05, 4.69) is 20.5 Å². The van der Waals surface area contributed by atoms with Crippen LogP contribution in [0.4, 0.5) is 4.39 Å². The maximum Gasteiger partial charge on any atom is 0.253 e. The van der Waals surface area contributed by atoms with E-state index in [0.717, 1.165) is 5.56 Å². The van der Waals surface area contributed by atoms with Gasteiger partial charge in [0.2, 0.25) is 0 Å². The molecule has 0 saturated heterocycles. The molecule has 0 atom stereocenters. The molecular formula is C18H15FN4O. The van der Waals surface area contributed by atoms with E-state index in [4.69, 9.17) is 0 Å². The van der Waals surface area contributed by atoms with Crippen LogP contribution in [0.3, 0.4) is 0 Å². The number of nitrogens with zero attached hydrogens (tertiary/aromatic N) is 3. The standard InChI is InChI=1S/C18H15FN4O/c19-17-4-2-1-3-14(17)9-16-6-5-15(12-20-16)18(24)21-10-13-7-8-22-23-11-13/h1-8,11-12H,9-10H2,(H,21,24). The first-order valence-electron chi connectivity index (χ1n) is 7.44. The van der Waals surface area contributed by atoms with Crippen molar-refractivity contribution in [2.75, 3.05) is 0 Å². The van der Waals surface area contributed by atoms with Gasteiger partial charge in [-0.15, -0.1) is 0 Å². The summed E-state index contributed by atoms with van der Waals surface area (Å²) in [5.74, 6) is -0.483. The third-order valence-electron chi connectivity index (χ3n) is 3.51. The Kier molecular flexibility index (Phi) is 4.86. The maximum atomic E-state index is 13.6. The molecule has 0 aliphatic rings. The van der Waals surface area contributed by atoms with Crippen LogP contribution < -0.4 is 5.32 Å². The molecule has 0 spiro atoms. The molecule has 3 rings (SSSR count). The second kappa shape index (κ2) is 7.41. The normalized spacial score (nSPS) is 10.4. The van der Waals surface area contributed by atoms with Crippen LogP contribution in [0.5, 0.6) is 0 Å². The first-order valence-corrected chi connectivity index (χ1v) is 7.44. The second-order valence-electron chi connectivity index (χ2n) is 5.24. The molecule has 0 fully saturated rings. The molecule has 0 bridgehead atoms. The van der Waals surface area contributed by atoms with E-state index in [1.807, 2.05) is 0 Å². The lowest BCUT2D eigenvalue weighted by Crippen LogP contribution is -2.23. The van der Waals surface area contributed by atoms with Crippen LogP contribution in [0.2, 0.25) is 0 Å².